The van der Waals surface area contributed by atoms with Gasteiger partial charge in [0.1, 0.15) is 0 Å². The van der Waals surface area contributed by atoms with Gasteiger partial charge in [-0.15, -0.1) is 0 Å². The molecule has 0 aromatic heterocycles. The lowest BCUT2D eigenvalue weighted by Gasteiger charge is -1.76. The summed E-state index contributed by atoms with van der Waals surface area (Å²) in [6.07, 6.45) is 0. The topological polar surface area (TPSA) is 12.0 Å². The van der Waals surface area contributed by atoms with Gasteiger partial charge in [0.15, 0.2) is 0 Å². The highest BCUT2D eigenvalue weighted by molar-refractivity contribution is 6.04. The van der Waals surface area contributed by atoms with Crippen LogP contribution in [0.5, 0.6) is 0 Å². The van der Waals surface area contributed by atoms with Crippen LogP contribution in [0.15, 0.2) is 0 Å². The molecule has 0 aliphatic heterocycles. The molecule has 0 saturated carbocycles. The summed E-state index contributed by atoms with van der Waals surface area (Å²) in [5.74, 6) is 0. The summed E-state index contributed by atoms with van der Waals surface area (Å²) >= 11 is 0. The SMILES string of the molecule is CCN[SiH3]. The molecule has 0 aromatic rings. The molecule has 0 rings (SSSR count). The van der Waals surface area contributed by atoms with E-state index in [4.69, 9.17) is 0 Å². The van der Waals surface area contributed by atoms with Crippen LogP contribution >= 0.6 is 0 Å². The first-order valence-corrected chi connectivity index (χ1v) is 2.56. The summed E-state index contributed by atoms with van der Waals surface area (Å²) in [6.45, 7) is 3.24. The van der Waals surface area contributed by atoms with E-state index in [1.807, 2.05) is 0 Å². The van der Waals surface area contributed by atoms with E-state index in [2.05, 4.69) is 11.9 Å². The fourth-order valence-corrected chi connectivity index (χ4v) is 0. The van der Waals surface area contributed by atoms with Gasteiger partial charge in [0.25, 0.3) is 0 Å². The van der Waals surface area contributed by atoms with Crippen LogP contribution in [-0.2, 0) is 0 Å². The molecular formula is C2H9NSi. The molecule has 0 aliphatic carbocycles. The van der Waals surface area contributed by atoms with Crippen molar-refractivity contribution in [3.8, 4) is 0 Å². The summed E-state index contributed by atoms with van der Waals surface area (Å²) in [5, 5.41) is 0. The van der Waals surface area contributed by atoms with E-state index in [1.165, 1.54) is 0 Å². The predicted molar refractivity (Wildman–Crippen MR) is 23.6 cm³/mol. The highest BCUT2D eigenvalue weighted by atomic mass is 28.2. The van der Waals surface area contributed by atoms with Crippen molar-refractivity contribution >= 4 is 10.4 Å². The van der Waals surface area contributed by atoms with Gasteiger partial charge in [0.05, 0.1) is 10.4 Å². The van der Waals surface area contributed by atoms with Crippen LogP contribution in [0.1, 0.15) is 6.92 Å². The van der Waals surface area contributed by atoms with Gasteiger partial charge in [-0.1, -0.05) is 6.92 Å². The van der Waals surface area contributed by atoms with Crippen molar-refractivity contribution in [2.45, 2.75) is 6.92 Å². The molecule has 0 fully saturated rings. The molecule has 0 bridgehead atoms. The third-order valence-corrected chi connectivity index (χ3v) is 1.06. The van der Waals surface area contributed by atoms with Gasteiger partial charge in [0.2, 0.25) is 0 Å². The second-order valence-electron chi connectivity index (χ2n) is 0.707. The summed E-state index contributed by atoms with van der Waals surface area (Å²) in [4.78, 5) is 3.07. The first kappa shape index (κ1) is 4.18. The number of hydrogen-bond acceptors (Lipinski definition) is 1. The van der Waals surface area contributed by atoms with Gasteiger partial charge in [-0.05, 0) is 6.54 Å². The van der Waals surface area contributed by atoms with Crippen molar-refractivity contribution in [3.63, 3.8) is 0 Å². The lowest BCUT2D eigenvalue weighted by Crippen LogP contribution is -2.04. The standard InChI is InChI=1S/C2H9NSi/c1-2-3-4/h3H,2H2,1,4H3. The minimum absolute atomic E-state index is 1.13. The summed E-state index contributed by atoms with van der Waals surface area (Å²) < 4.78 is 0. The van der Waals surface area contributed by atoms with Crippen LogP contribution < -0.4 is 4.98 Å². The predicted octanol–water partition coefficient (Wildman–Crippen LogP) is -1.12. The van der Waals surface area contributed by atoms with Gasteiger partial charge in [-0.3, -0.25) is 0 Å². The Balaban J connectivity index is 1.97. The van der Waals surface area contributed by atoms with E-state index in [-0.39, 0.29) is 0 Å². The fraction of sp³-hybridized carbons (Fsp3) is 1.00. The van der Waals surface area contributed by atoms with Crippen LogP contribution in [0.2, 0.25) is 0 Å². The van der Waals surface area contributed by atoms with E-state index in [1.54, 1.807) is 0 Å². The molecule has 4 heavy (non-hydrogen) atoms. The fourth-order valence-electron chi connectivity index (χ4n) is 0. The smallest absolute Gasteiger partial charge is 0.0749 e. The van der Waals surface area contributed by atoms with Crippen molar-refractivity contribution in [3.05, 3.63) is 0 Å². The molecule has 0 aromatic carbocycles. The summed E-state index contributed by atoms with van der Waals surface area (Å²) in [5.41, 5.74) is 0. The maximum absolute atomic E-state index is 3.07. The highest BCUT2D eigenvalue weighted by Crippen LogP contribution is 1.33. The Morgan fingerprint density at radius 1 is 2.00 bits per heavy atom. The number of nitrogens with one attached hydrogen (secondary N) is 1. The monoisotopic (exact) mass is 75.1 g/mol. The Morgan fingerprint density at radius 2 is 2.25 bits per heavy atom. The Kier molecular flexibility index (Phi) is 3.32. The van der Waals surface area contributed by atoms with E-state index in [9.17, 15) is 0 Å². The number of rotatable bonds is 1. The molecule has 0 aliphatic rings. The highest BCUT2D eigenvalue weighted by Gasteiger charge is 1.50. The normalized spacial score (nSPS) is 8.25. The molecule has 0 heterocycles. The minimum atomic E-state index is 1.13. The first-order chi connectivity index (χ1) is 1.91. The maximum atomic E-state index is 3.07. The molecule has 0 atom stereocenters. The Labute approximate surface area is 29.9 Å². The van der Waals surface area contributed by atoms with Gasteiger partial charge in [-0.25, -0.2) is 0 Å². The molecular weight excluding hydrogens is 66.1 g/mol. The molecule has 0 unspecified atom stereocenters. The minimum Gasteiger partial charge on any atom is -0.345 e. The van der Waals surface area contributed by atoms with E-state index in [0.29, 0.717) is 0 Å². The van der Waals surface area contributed by atoms with Gasteiger partial charge in [-0.2, -0.15) is 0 Å². The lowest BCUT2D eigenvalue weighted by molar-refractivity contribution is 1.02. The van der Waals surface area contributed by atoms with E-state index in [0.717, 1.165) is 16.9 Å². The van der Waals surface area contributed by atoms with Crippen LogP contribution in [0.25, 0.3) is 0 Å². The summed E-state index contributed by atoms with van der Waals surface area (Å²) in [6, 6.07) is 0. The van der Waals surface area contributed by atoms with Crippen LogP contribution in [0, 0.1) is 0 Å². The van der Waals surface area contributed by atoms with E-state index >= 15 is 0 Å². The number of hydrogen-bond donors (Lipinski definition) is 1. The van der Waals surface area contributed by atoms with Crippen molar-refractivity contribution in [2.24, 2.45) is 0 Å². The third-order valence-electron chi connectivity index (χ3n) is 0.354. The second kappa shape index (κ2) is 3.18. The second-order valence-corrected chi connectivity index (χ2v) is 1.41. The molecule has 0 spiro atoms. The molecule has 0 saturated heterocycles. The van der Waals surface area contributed by atoms with Gasteiger partial charge < -0.3 is 4.98 Å². The molecule has 0 radical (unpaired) electrons. The van der Waals surface area contributed by atoms with Crippen LogP contribution in [0.4, 0.5) is 0 Å². The van der Waals surface area contributed by atoms with Crippen molar-refractivity contribution < 1.29 is 0 Å². The Morgan fingerprint density at radius 3 is 2.25 bits per heavy atom. The quantitative estimate of drug-likeness (QED) is 0.389. The zero-order valence-corrected chi connectivity index (χ0v) is 5.21. The maximum Gasteiger partial charge on any atom is 0.0749 e. The van der Waals surface area contributed by atoms with Gasteiger partial charge in [0, 0.05) is 0 Å². The van der Waals surface area contributed by atoms with Crippen LogP contribution in [-0.4, -0.2) is 16.9 Å². The van der Waals surface area contributed by atoms with Crippen molar-refractivity contribution in [1.82, 2.24) is 4.98 Å². The largest absolute Gasteiger partial charge is 0.345 e. The van der Waals surface area contributed by atoms with E-state index < -0.39 is 0 Å². The molecule has 0 amide bonds. The van der Waals surface area contributed by atoms with Crippen molar-refractivity contribution in [2.75, 3.05) is 6.54 Å². The first-order valence-electron chi connectivity index (χ1n) is 1.56. The average molecular weight is 75.2 g/mol. The molecule has 2 heteroatoms. The average Bonchev–Trinajstić information content (AvgIpc) is 1.37. The van der Waals surface area contributed by atoms with Crippen molar-refractivity contribution in [1.29, 1.82) is 0 Å². The Bertz CT molecular complexity index is 8.00. The zero-order valence-electron chi connectivity index (χ0n) is 3.21. The van der Waals surface area contributed by atoms with Crippen LogP contribution in [0.3, 0.4) is 0 Å². The summed E-state index contributed by atoms with van der Waals surface area (Å²) in [7, 11) is 1.14. The zero-order chi connectivity index (χ0) is 3.41. The third kappa shape index (κ3) is 2.18. The molecule has 1 nitrogen and oxygen atoms in total. The lowest BCUT2D eigenvalue weighted by atomic mass is 10.8. The molecule has 26 valence electrons. The Hall–Kier alpha value is 0.177. The van der Waals surface area contributed by atoms with Gasteiger partial charge >= 0.3 is 0 Å². The molecule has 1 N–H and O–H groups in total.